The van der Waals surface area contributed by atoms with Crippen LogP contribution in [-0.2, 0) is 23.1 Å². The summed E-state index contributed by atoms with van der Waals surface area (Å²) in [6.07, 6.45) is 5.00. The van der Waals surface area contributed by atoms with Gasteiger partial charge in [-0.25, -0.2) is 0 Å². The fourth-order valence-electron chi connectivity index (χ4n) is 1.94. The summed E-state index contributed by atoms with van der Waals surface area (Å²) in [5, 5.41) is 0. The fraction of sp³-hybridized carbons (Fsp3) is 0.857. The lowest BCUT2D eigenvalue weighted by atomic mass is 10.2. The summed E-state index contributed by atoms with van der Waals surface area (Å²) < 4.78 is 35.0. The molecule has 0 unspecified atom stereocenters. The van der Waals surface area contributed by atoms with Gasteiger partial charge >= 0.3 is 7.60 Å². The molecule has 0 bridgehead atoms. The van der Waals surface area contributed by atoms with Gasteiger partial charge in [0.25, 0.3) is 0 Å². The Balaban J connectivity index is 2.46. The van der Waals surface area contributed by atoms with Crippen molar-refractivity contribution < 1.29 is 23.1 Å². The van der Waals surface area contributed by atoms with E-state index in [1.54, 1.807) is 19.7 Å². The van der Waals surface area contributed by atoms with Crippen LogP contribution in [0.25, 0.3) is 0 Å². The van der Waals surface area contributed by atoms with Crippen LogP contribution in [0.5, 0.6) is 0 Å². The average Bonchev–Trinajstić information content (AvgIpc) is 2.49. The molecule has 0 amide bonds. The van der Waals surface area contributed by atoms with Crippen LogP contribution in [0.3, 0.4) is 0 Å². The molecule has 0 aliphatic carbocycles. The average molecular weight is 432 g/mol. The fourth-order valence-corrected chi connectivity index (χ4v) is 3.90. The highest BCUT2D eigenvalue weighted by Crippen LogP contribution is 2.49. The van der Waals surface area contributed by atoms with Gasteiger partial charge in [0, 0.05) is 22.8 Å². The predicted molar refractivity (Wildman–Crippen MR) is 91.9 cm³/mol. The highest BCUT2D eigenvalue weighted by molar-refractivity contribution is 14.1. The Hall–Kier alpha value is 0.540. The van der Waals surface area contributed by atoms with Gasteiger partial charge in [-0.3, -0.25) is 4.57 Å². The molecule has 1 aliphatic rings. The number of rotatable bonds is 10. The lowest BCUT2D eigenvalue weighted by Crippen LogP contribution is -2.25. The Bertz CT molecular complexity index is 334. The van der Waals surface area contributed by atoms with Gasteiger partial charge in [0.2, 0.25) is 0 Å². The maximum Gasteiger partial charge on any atom is 0.353 e. The number of alkyl halides is 1. The van der Waals surface area contributed by atoms with E-state index < -0.39 is 7.60 Å². The molecule has 0 radical (unpaired) electrons. The topological polar surface area (TPSA) is 54.0 Å². The molecule has 0 spiro atoms. The number of halogens is 1. The van der Waals surface area contributed by atoms with Crippen molar-refractivity contribution in [3.8, 4) is 0 Å². The first kappa shape index (κ1) is 19.6. The van der Waals surface area contributed by atoms with E-state index in [2.05, 4.69) is 22.6 Å². The molecule has 0 saturated carbocycles. The van der Waals surface area contributed by atoms with E-state index in [4.69, 9.17) is 18.5 Å². The van der Waals surface area contributed by atoms with Crippen molar-refractivity contribution in [3.63, 3.8) is 0 Å². The number of hydrogen-bond donors (Lipinski definition) is 0. The van der Waals surface area contributed by atoms with Crippen molar-refractivity contribution in [3.05, 3.63) is 11.9 Å². The summed E-state index contributed by atoms with van der Waals surface area (Å²) in [4.78, 5) is 0. The summed E-state index contributed by atoms with van der Waals surface area (Å²) in [6.45, 7) is 5.67. The zero-order valence-corrected chi connectivity index (χ0v) is 15.9. The quantitative estimate of drug-likeness (QED) is 0.292. The molecule has 1 heterocycles. The lowest BCUT2D eigenvalue weighted by molar-refractivity contribution is -0.165. The van der Waals surface area contributed by atoms with Gasteiger partial charge in [-0.2, -0.15) is 0 Å². The van der Waals surface area contributed by atoms with Gasteiger partial charge < -0.3 is 18.5 Å². The SMILES string of the molecule is CCOP(=O)(/C=C/[C@H](CI)CO[C@@H]1CCCCO1)OCC. The Kier molecular flexibility index (Phi) is 10.4. The molecule has 1 aliphatic heterocycles. The van der Waals surface area contributed by atoms with Crippen LogP contribution < -0.4 is 0 Å². The third-order valence-electron chi connectivity index (χ3n) is 2.99. The maximum absolute atomic E-state index is 12.3. The van der Waals surface area contributed by atoms with Gasteiger partial charge in [0.15, 0.2) is 6.29 Å². The third kappa shape index (κ3) is 8.09. The first-order valence-corrected chi connectivity index (χ1v) is 10.6. The molecule has 5 nitrogen and oxygen atoms in total. The van der Waals surface area contributed by atoms with E-state index in [1.807, 2.05) is 6.08 Å². The van der Waals surface area contributed by atoms with E-state index in [-0.39, 0.29) is 12.2 Å². The summed E-state index contributed by atoms with van der Waals surface area (Å²) in [7, 11) is -3.11. The predicted octanol–water partition coefficient (Wildman–Crippen LogP) is 4.36. The first-order valence-electron chi connectivity index (χ1n) is 7.50. The second kappa shape index (κ2) is 11.1. The summed E-state index contributed by atoms with van der Waals surface area (Å²) >= 11 is 2.29. The Labute approximate surface area is 141 Å². The Morgan fingerprint density at radius 3 is 2.57 bits per heavy atom. The molecule has 0 aromatic rings. The minimum atomic E-state index is -3.11. The summed E-state index contributed by atoms with van der Waals surface area (Å²) in [6, 6.07) is 0. The van der Waals surface area contributed by atoms with Crippen LogP contribution in [0.15, 0.2) is 11.9 Å². The van der Waals surface area contributed by atoms with E-state index in [9.17, 15) is 4.57 Å². The largest absolute Gasteiger partial charge is 0.353 e. The number of hydrogen-bond acceptors (Lipinski definition) is 5. The highest BCUT2D eigenvalue weighted by atomic mass is 127. The zero-order valence-electron chi connectivity index (χ0n) is 12.8. The van der Waals surface area contributed by atoms with Crippen LogP contribution in [0.1, 0.15) is 33.1 Å². The molecular weight excluding hydrogens is 406 g/mol. The molecule has 0 N–H and O–H groups in total. The molecule has 7 heteroatoms. The molecule has 1 rings (SSSR count). The van der Waals surface area contributed by atoms with Gasteiger partial charge in [0.1, 0.15) is 0 Å². The van der Waals surface area contributed by atoms with Gasteiger partial charge in [-0.05, 0) is 33.1 Å². The highest BCUT2D eigenvalue weighted by Gasteiger charge is 2.20. The van der Waals surface area contributed by atoms with Crippen molar-refractivity contribution in [1.29, 1.82) is 0 Å². The molecule has 0 aromatic heterocycles. The van der Waals surface area contributed by atoms with Crippen LogP contribution in [0, 0.1) is 5.92 Å². The molecule has 0 aromatic carbocycles. The van der Waals surface area contributed by atoms with Crippen LogP contribution >= 0.6 is 30.2 Å². The zero-order chi connectivity index (χ0) is 15.6. The minimum Gasteiger partial charge on any atom is -0.353 e. The minimum absolute atomic E-state index is 0.0943. The van der Waals surface area contributed by atoms with E-state index in [1.165, 1.54) is 0 Å². The summed E-state index contributed by atoms with van der Waals surface area (Å²) in [5.74, 6) is 1.74. The molecule has 124 valence electrons. The van der Waals surface area contributed by atoms with E-state index in [0.29, 0.717) is 19.8 Å². The monoisotopic (exact) mass is 432 g/mol. The maximum atomic E-state index is 12.3. The van der Waals surface area contributed by atoms with E-state index >= 15 is 0 Å². The molecular formula is C14H26IO5P. The third-order valence-corrected chi connectivity index (χ3v) is 5.90. The molecule has 2 atom stereocenters. The van der Waals surface area contributed by atoms with E-state index in [0.717, 1.165) is 30.3 Å². The van der Waals surface area contributed by atoms with Crippen molar-refractivity contribution in [1.82, 2.24) is 0 Å². The Morgan fingerprint density at radius 2 is 2.05 bits per heavy atom. The molecule has 21 heavy (non-hydrogen) atoms. The normalized spacial score (nSPS) is 21.8. The first-order chi connectivity index (χ1) is 10.1. The standard InChI is InChI=1S/C14H26IO5P/c1-3-19-21(16,20-4-2)10-8-13(11-15)12-18-14-7-5-6-9-17-14/h8,10,13-14H,3-7,9,11-12H2,1-2H3/b10-8+/t13-,14-/m1/s1. The summed E-state index contributed by atoms with van der Waals surface area (Å²) in [5.41, 5.74) is 0. The van der Waals surface area contributed by atoms with Crippen LogP contribution in [0.2, 0.25) is 0 Å². The van der Waals surface area contributed by atoms with Crippen molar-refractivity contribution in [2.45, 2.75) is 39.4 Å². The Morgan fingerprint density at radius 1 is 1.33 bits per heavy atom. The van der Waals surface area contributed by atoms with Gasteiger partial charge in [-0.15, -0.1) is 0 Å². The molecule has 1 fully saturated rings. The smallest absolute Gasteiger partial charge is 0.353 e. The second-order valence-corrected chi connectivity index (χ2v) is 7.54. The number of ether oxygens (including phenoxy) is 2. The van der Waals surface area contributed by atoms with Crippen molar-refractivity contribution in [2.24, 2.45) is 5.92 Å². The van der Waals surface area contributed by atoms with Gasteiger partial charge in [-0.1, -0.05) is 28.7 Å². The second-order valence-electron chi connectivity index (χ2n) is 4.76. The van der Waals surface area contributed by atoms with Crippen LogP contribution in [-0.4, -0.2) is 37.1 Å². The molecule has 1 saturated heterocycles. The van der Waals surface area contributed by atoms with Crippen molar-refractivity contribution >= 4 is 30.2 Å². The van der Waals surface area contributed by atoms with Crippen LogP contribution in [0.4, 0.5) is 0 Å². The lowest BCUT2D eigenvalue weighted by Gasteiger charge is -2.24. The van der Waals surface area contributed by atoms with Crippen molar-refractivity contribution in [2.75, 3.05) is 30.9 Å². The van der Waals surface area contributed by atoms with Gasteiger partial charge in [0.05, 0.1) is 19.8 Å².